The molecule has 34 heavy (non-hydrogen) atoms. The average molecular weight is 465 g/mol. The lowest BCUT2D eigenvalue weighted by Crippen LogP contribution is -2.49. The molecule has 4 rings (SSSR count). The number of hydrogen-bond acceptors (Lipinski definition) is 6. The first-order chi connectivity index (χ1) is 16.6. The summed E-state index contributed by atoms with van der Waals surface area (Å²) in [5, 5.41) is 10.1. The largest absolute Gasteiger partial charge is 0.389 e. The highest BCUT2D eigenvalue weighted by molar-refractivity contribution is 5.61. The monoisotopic (exact) mass is 464 g/mol. The number of benzene rings is 2. The van der Waals surface area contributed by atoms with E-state index in [4.69, 9.17) is 14.7 Å². The summed E-state index contributed by atoms with van der Waals surface area (Å²) in [5.74, 6) is 1.37. The van der Waals surface area contributed by atoms with Crippen molar-refractivity contribution in [3.8, 4) is 11.4 Å². The molecule has 1 saturated heterocycles. The van der Waals surface area contributed by atoms with E-state index in [0.717, 1.165) is 55.2 Å². The molecule has 3 aromatic rings. The Morgan fingerprint density at radius 1 is 1.00 bits per heavy atom. The van der Waals surface area contributed by atoms with Crippen molar-refractivity contribution >= 4 is 5.82 Å². The number of methoxy groups -OCH3 is 1. The van der Waals surface area contributed by atoms with Crippen LogP contribution in [0.15, 0.2) is 54.6 Å². The van der Waals surface area contributed by atoms with E-state index in [1.807, 2.05) is 42.5 Å². The third-order valence-electron chi connectivity index (χ3n) is 6.26. The van der Waals surface area contributed by atoms with Crippen molar-refractivity contribution in [3.05, 3.63) is 77.2 Å². The number of ether oxygens (including phenoxy) is 1. The standard InChI is InChI=1S/C27H33FN4O2/c1-3-25-23(17-21-11-7-8-12-24(21)28)27(30-26(29-25)20-9-5-4-6-10-20)32-15-13-31(14-16-32)18-22(33)19-34-2/h4-12,22,33H,3,13-19H2,1-2H3. The molecule has 7 heteroatoms. The van der Waals surface area contributed by atoms with E-state index in [9.17, 15) is 9.50 Å². The van der Waals surface area contributed by atoms with Crippen LogP contribution < -0.4 is 4.90 Å². The van der Waals surface area contributed by atoms with Crippen LogP contribution in [0.25, 0.3) is 11.4 Å². The van der Waals surface area contributed by atoms with Crippen LogP contribution in [0, 0.1) is 5.82 Å². The lowest BCUT2D eigenvalue weighted by molar-refractivity contribution is 0.0365. The van der Waals surface area contributed by atoms with Crippen molar-refractivity contribution in [2.45, 2.75) is 25.9 Å². The Bertz CT molecular complexity index is 1070. The molecule has 2 heterocycles. The Hall–Kier alpha value is -2.87. The molecule has 1 fully saturated rings. The summed E-state index contributed by atoms with van der Waals surface area (Å²) in [6.07, 6.45) is 0.693. The molecule has 1 atom stereocenters. The summed E-state index contributed by atoms with van der Waals surface area (Å²) < 4.78 is 19.6. The zero-order valence-electron chi connectivity index (χ0n) is 20.0. The van der Waals surface area contributed by atoms with Gasteiger partial charge in [0, 0.05) is 63.1 Å². The highest BCUT2D eigenvalue weighted by Crippen LogP contribution is 2.29. The van der Waals surface area contributed by atoms with Gasteiger partial charge in [0.1, 0.15) is 11.6 Å². The van der Waals surface area contributed by atoms with E-state index in [1.165, 1.54) is 6.07 Å². The Labute approximate surface area is 201 Å². The fraction of sp³-hybridized carbons (Fsp3) is 0.407. The van der Waals surface area contributed by atoms with Gasteiger partial charge in [-0.2, -0.15) is 0 Å². The van der Waals surface area contributed by atoms with Crippen LogP contribution in [-0.2, 0) is 17.6 Å². The third kappa shape index (κ3) is 5.78. The molecule has 1 N–H and O–H groups in total. The molecule has 0 saturated carbocycles. The van der Waals surface area contributed by atoms with Gasteiger partial charge in [0.15, 0.2) is 5.82 Å². The van der Waals surface area contributed by atoms with Gasteiger partial charge in [-0.05, 0) is 18.1 Å². The SMILES string of the molecule is CCc1nc(-c2ccccc2)nc(N2CCN(CC(O)COC)CC2)c1Cc1ccccc1F. The first-order valence-electron chi connectivity index (χ1n) is 11.9. The maximum atomic E-state index is 14.6. The molecule has 1 aliphatic rings. The van der Waals surface area contributed by atoms with Gasteiger partial charge in [0.2, 0.25) is 0 Å². The summed E-state index contributed by atoms with van der Waals surface area (Å²) in [4.78, 5) is 14.4. The van der Waals surface area contributed by atoms with Crippen LogP contribution in [0.5, 0.6) is 0 Å². The zero-order chi connectivity index (χ0) is 23.9. The lowest BCUT2D eigenvalue weighted by Gasteiger charge is -2.37. The van der Waals surface area contributed by atoms with Gasteiger partial charge in [-0.25, -0.2) is 14.4 Å². The second-order valence-corrected chi connectivity index (χ2v) is 8.68. The van der Waals surface area contributed by atoms with E-state index in [0.29, 0.717) is 31.0 Å². The second-order valence-electron chi connectivity index (χ2n) is 8.68. The van der Waals surface area contributed by atoms with E-state index in [-0.39, 0.29) is 5.82 Å². The predicted octanol–water partition coefficient (Wildman–Crippen LogP) is 3.57. The number of aryl methyl sites for hydroxylation is 1. The molecule has 180 valence electrons. The number of rotatable bonds is 9. The van der Waals surface area contributed by atoms with Crippen LogP contribution in [0.3, 0.4) is 0 Å². The molecule has 0 bridgehead atoms. The van der Waals surface area contributed by atoms with Gasteiger partial charge in [-0.3, -0.25) is 4.90 Å². The van der Waals surface area contributed by atoms with E-state index >= 15 is 0 Å². The Morgan fingerprint density at radius 2 is 1.71 bits per heavy atom. The second kappa shape index (κ2) is 11.5. The van der Waals surface area contributed by atoms with Gasteiger partial charge in [0.05, 0.1) is 12.7 Å². The van der Waals surface area contributed by atoms with Crippen molar-refractivity contribution in [3.63, 3.8) is 0 Å². The zero-order valence-corrected chi connectivity index (χ0v) is 20.0. The molecule has 0 radical (unpaired) electrons. The van der Waals surface area contributed by atoms with Crippen LogP contribution in [0.2, 0.25) is 0 Å². The van der Waals surface area contributed by atoms with Crippen molar-refractivity contribution in [1.29, 1.82) is 0 Å². The number of hydrogen-bond donors (Lipinski definition) is 1. The number of β-amino-alcohol motifs (C(OH)–C–C–N with tert-alkyl or cyclic N) is 1. The molecule has 0 aliphatic carbocycles. The number of piperazine rings is 1. The number of nitrogens with zero attached hydrogens (tertiary/aromatic N) is 4. The smallest absolute Gasteiger partial charge is 0.161 e. The lowest BCUT2D eigenvalue weighted by atomic mass is 10.0. The maximum absolute atomic E-state index is 14.6. The van der Waals surface area contributed by atoms with Gasteiger partial charge in [-0.15, -0.1) is 0 Å². The number of anilines is 1. The maximum Gasteiger partial charge on any atom is 0.161 e. The molecule has 0 amide bonds. The number of halogens is 1. The van der Waals surface area contributed by atoms with Gasteiger partial charge in [0.25, 0.3) is 0 Å². The highest BCUT2D eigenvalue weighted by Gasteiger charge is 2.25. The van der Waals surface area contributed by atoms with Crippen LogP contribution in [0.4, 0.5) is 10.2 Å². The minimum absolute atomic E-state index is 0.209. The molecule has 2 aromatic carbocycles. The summed E-state index contributed by atoms with van der Waals surface area (Å²) >= 11 is 0. The topological polar surface area (TPSA) is 61.7 Å². The molecular weight excluding hydrogens is 431 g/mol. The van der Waals surface area contributed by atoms with Crippen molar-refractivity contribution < 1.29 is 14.2 Å². The molecular formula is C27H33FN4O2. The molecule has 1 unspecified atom stereocenters. The van der Waals surface area contributed by atoms with Crippen molar-refractivity contribution in [2.75, 3.05) is 51.3 Å². The molecule has 1 aromatic heterocycles. The summed E-state index contributed by atoms with van der Waals surface area (Å²) in [6.45, 7) is 6.18. The fourth-order valence-electron chi connectivity index (χ4n) is 4.49. The highest BCUT2D eigenvalue weighted by atomic mass is 19.1. The number of aliphatic hydroxyl groups excluding tert-OH is 1. The number of aliphatic hydroxyl groups is 1. The Balaban J connectivity index is 1.67. The van der Waals surface area contributed by atoms with Gasteiger partial charge >= 0.3 is 0 Å². The Kier molecular flexibility index (Phi) is 8.21. The predicted molar refractivity (Wildman–Crippen MR) is 133 cm³/mol. The van der Waals surface area contributed by atoms with E-state index < -0.39 is 6.10 Å². The molecule has 1 aliphatic heterocycles. The van der Waals surface area contributed by atoms with Crippen molar-refractivity contribution in [1.82, 2.24) is 14.9 Å². The normalized spacial score (nSPS) is 15.5. The Morgan fingerprint density at radius 3 is 2.38 bits per heavy atom. The summed E-state index contributed by atoms with van der Waals surface area (Å²) in [6, 6.07) is 16.9. The van der Waals surface area contributed by atoms with E-state index in [2.05, 4.69) is 16.7 Å². The van der Waals surface area contributed by atoms with Crippen molar-refractivity contribution in [2.24, 2.45) is 0 Å². The summed E-state index contributed by atoms with van der Waals surface area (Å²) in [7, 11) is 1.60. The van der Waals surface area contributed by atoms with Gasteiger partial charge in [-0.1, -0.05) is 55.5 Å². The quantitative estimate of drug-likeness (QED) is 0.523. The minimum atomic E-state index is -0.497. The first kappa shape index (κ1) is 24.3. The van der Waals surface area contributed by atoms with Crippen LogP contribution in [0.1, 0.15) is 23.7 Å². The number of aromatic nitrogens is 2. The third-order valence-corrected chi connectivity index (χ3v) is 6.26. The molecule has 0 spiro atoms. The average Bonchev–Trinajstić information content (AvgIpc) is 2.86. The summed E-state index contributed by atoms with van der Waals surface area (Å²) in [5.41, 5.74) is 3.55. The fourth-order valence-corrected chi connectivity index (χ4v) is 4.49. The van der Waals surface area contributed by atoms with Gasteiger partial charge < -0.3 is 14.7 Å². The first-order valence-corrected chi connectivity index (χ1v) is 11.9. The van der Waals surface area contributed by atoms with E-state index in [1.54, 1.807) is 13.2 Å². The van der Waals surface area contributed by atoms with Crippen LogP contribution in [-0.4, -0.2) is 72.5 Å². The van der Waals surface area contributed by atoms with Crippen LogP contribution >= 0.6 is 0 Å². The minimum Gasteiger partial charge on any atom is -0.389 e. The molecule has 6 nitrogen and oxygen atoms in total.